The third-order valence-electron chi connectivity index (χ3n) is 2.24. The number of nitrogen functional groups attached to an aromatic ring is 2. The average molecular weight is 222 g/mol. The molecule has 0 heterocycles. The number of benzene rings is 2. The molecular formula is C10H10N2O2S. The van der Waals surface area contributed by atoms with E-state index in [1.54, 1.807) is 24.3 Å². The van der Waals surface area contributed by atoms with Crippen LogP contribution in [0.5, 0.6) is 5.75 Å². The molecule has 2 rings (SSSR count). The maximum atomic E-state index is 9.77. The molecule has 2 aromatic rings. The van der Waals surface area contributed by atoms with Crippen molar-refractivity contribution in [1.82, 2.24) is 0 Å². The summed E-state index contributed by atoms with van der Waals surface area (Å²) in [5, 5.41) is 11.1. The van der Waals surface area contributed by atoms with Crippen molar-refractivity contribution in [3.05, 3.63) is 24.3 Å². The predicted octanol–water partition coefficient (Wildman–Crippen LogP) is 2.27. The monoisotopic (exact) mass is 222 g/mol. The Morgan fingerprint density at radius 2 is 1.87 bits per heavy atom. The van der Waals surface area contributed by atoms with Crippen LogP contribution in [0.25, 0.3) is 10.8 Å². The lowest BCUT2D eigenvalue weighted by atomic mass is 10.1. The van der Waals surface area contributed by atoms with Crippen molar-refractivity contribution in [2.24, 2.45) is 0 Å². The Kier molecular flexibility index (Phi) is 2.34. The molecule has 78 valence electrons. The fourth-order valence-corrected chi connectivity index (χ4v) is 1.85. The molecule has 0 amide bonds. The van der Waals surface area contributed by atoms with Gasteiger partial charge in [0.25, 0.3) is 0 Å². The second kappa shape index (κ2) is 3.52. The largest absolute Gasteiger partial charge is 0.505 e. The molecule has 15 heavy (non-hydrogen) atoms. The number of fused-ring (bicyclic) bond motifs is 1. The molecule has 2 aromatic carbocycles. The van der Waals surface area contributed by atoms with E-state index in [9.17, 15) is 5.11 Å². The number of hydrogen-bond donors (Lipinski definition) is 4. The molecule has 0 radical (unpaired) electrons. The number of hydrogen-bond acceptors (Lipinski definition) is 5. The van der Waals surface area contributed by atoms with Crippen molar-refractivity contribution >= 4 is 34.2 Å². The lowest BCUT2D eigenvalue weighted by Crippen LogP contribution is -1.91. The van der Waals surface area contributed by atoms with Crippen LogP contribution in [0.4, 0.5) is 11.4 Å². The van der Waals surface area contributed by atoms with E-state index < -0.39 is 0 Å². The summed E-state index contributed by atoms with van der Waals surface area (Å²) in [5.74, 6) is -0.0240. The SMILES string of the molecule is Nc1ccc2c(O)c(N)c(SO)cc2c1. The molecule has 5 heteroatoms. The normalized spacial score (nSPS) is 10.7. The molecule has 0 aliphatic carbocycles. The van der Waals surface area contributed by atoms with Crippen LogP contribution in [-0.4, -0.2) is 9.66 Å². The first-order chi connectivity index (χ1) is 7.13. The van der Waals surface area contributed by atoms with Gasteiger partial charge in [0.2, 0.25) is 0 Å². The first kappa shape index (κ1) is 9.95. The lowest BCUT2D eigenvalue weighted by Gasteiger charge is -2.08. The summed E-state index contributed by atoms with van der Waals surface area (Å²) in [6.45, 7) is 0. The second-order valence-electron chi connectivity index (χ2n) is 3.21. The molecule has 4 nitrogen and oxygen atoms in total. The lowest BCUT2D eigenvalue weighted by molar-refractivity contribution is 0.483. The van der Waals surface area contributed by atoms with Crippen molar-refractivity contribution in [3.63, 3.8) is 0 Å². The predicted molar refractivity (Wildman–Crippen MR) is 62.9 cm³/mol. The topological polar surface area (TPSA) is 92.5 Å². The molecule has 0 unspecified atom stereocenters. The summed E-state index contributed by atoms with van der Waals surface area (Å²) in [4.78, 5) is 0.422. The summed E-state index contributed by atoms with van der Waals surface area (Å²) < 4.78 is 8.97. The van der Waals surface area contributed by atoms with Gasteiger partial charge in [-0.25, -0.2) is 0 Å². The van der Waals surface area contributed by atoms with E-state index in [0.717, 1.165) is 5.39 Å². The van der Waals surface area contributed by atoms with Gasteiger partial charge in [-0.15, -0.1) is 0 Å². The molecular weight excluding hydrogens is 212 g/mol. The van der Waals surface area contributed by atoms with Gasteiger partial charge in [0.05, 0.1) is 10.6 Å². The van der Waals surface area contributed by atoms with E-state index in [4.69, 9.17) is 16.0 Å². The molecule has 0 saturated carbocycles. The van der Waals surface area contributed by atoms with E-state index >= 15 is 0 Å². The Hall–Kier alpha value is -1.59. The zero-order valence-electron chi connectivity index (χ0n) is 7.77. The molecule has 0 bridgehead atoms. The zero-order valence-corrected chi connectivity index (χ0v) is 8.58. The summed E-state index contributed by atoms with van der Waals surface area (Å²) in [6, 6.07) is 6.79. The number of rotatable bonds is 1. The second-order valence-corrected chi connectivity index (χ2v) is 3.83. The Bertz CT molecular complexity index is 528. The molecule has 0 fully saturated rings. The van der Waals surface area contributed by atoms with Gasteiger partial charge in [-0.2, -0.15) is 0 Å². The van der Waals surface area contributed by atoms with Crippen molar-refractivity contribution in [2.75, 3.05) is 11.5 Å². The Labute approximate surface area is 90.7 Å². The van der Waals surface area contributed by atoms with Gasteiger partial charge in [0.1, 0.15) is 5.75 Å². The molecule has 0 atom stereocenters. The molecule has 6 N–H and O–H groups in total. The minimum Gasteiger partial charge on any atom is -0.505 e. The molecule has 0 spiro atoms. The van der Waals surface area contributed by atoms with E-state index in [0.29, 0.717) is 28.0 Å². The van der Waals surface area contributed by atoms with E-state index in [1.165, 1.54) is 0 Å². The number of aromatic hydroxyl groups is 1. The zero-order chi connectivity index (χ0) is 11.0. The number of phenolic OH excluding ortho intramolecular Hbond substituents is 1. The Balaban J connectivity index is 2.84. The van der Waals surface area contributed by atoms with E-state index in [1.807, 2.05) is 0 Å². The maximum absolute atomic E-state index is 9.77. The molecule has 0 aromatic heterocycles. The van der Waals surface area contributed by atoms with Crippen LogP contribution in [0.2, 0.25) is 0 Å². The van der Waals surface area contributed by atoms with Gasteiger partial charge in [0.15, 0.2) is 0 Å². The summed E-state index contributed by atoms with van der Waals surface area (Å²) in [5.41, 5.74) is 12.0. The Morgan fingerprint density at radius 1 is 1.13 bits per heavy atom. The van der Waals surface area contributed by atoms with Crippen LogP contribution in [0, 0.1) is 0 Å². The van der Waals surface area contributed by atoms with Crippen molar-refractivity contribution < 1.29 is 9.66 Å². The van der Waals surface area contributed by atoms with Crippen molar-refractivity contribution in [2.45, 2.75) is 4.90 Å². The van der Waals surface area contributed by atoms with E-state index in [-0.39, 0.29) is 11.4 Å². The molecule has 0 saturated heterocycles. The quantitative estimate of drug-likeness (QED) is 0.337. The van der Waals surface area contributed by atoms with Gasteiger partial charge >= 0.3 is 0 Å². The van der Waals surface area contributed by atoms with Gasteiger partial charge in [-0.05, 0) is 29.7 Å². The smallest absolute Gasteiger partial charge is 0.147 e. The Morgan fingerprint density at radius 3 is 2.53 bits per heavy atom. The van der Waals surface area contributed by atoms with Gasteiger partial charge in [-0.1, -0.05) is 0 Å². The highest BCUT2D eigenvalue weighted by Gasteiger charge is 2.10. The van der Waals surface area contributed by atoms with Crippen LogP contribution < -0.4 is 11.5 Å². The number of phenols is 1. The minimum absolute atomic E-state index is 0.0240. The third kappa shape index (κ3) is 1.55. The summed E-state index contributed by atoms with van der Waals surface area (Å²) >= 11 is 0.504. The number of anilines is 2. The van der Waals surface area contributed by atoms with Crippen LogP contribution in [0.15, 0.2) is 29.2 Å². The van der Waals surface area contributed by atoms with Crippen molar-refractivity contribution in [1.29, 1.82) is 0 Å². The summed E-state index contributed by atoms with van der Waals surface area (Å²) in [7, 11) is 0. The highest BCUT2D eigenvalue weighted by atomic mass is 32.2. The van der Waals surface area contributed by atoms with Gasteiger partial charge in [-0.3, -0.25) is 0 Å². The standard InChI is InChI=1S/C10H10N2O2S/c11-6-1-2-7-5(3-6)4-8(15-14)9(12)10(7)13/h1-4,13-14H,11-12H2. The van der Waals surface area contributed by atoms with Gasteiger partial charge < -0.3 is 21.1 Å². The first-order valence-corrected chi connectivity index (χ1v) is 5.03. The van der Waals surface area contributed by atoms with Gasteiger partial charge in [0, 0.05) is 23.1 Å². The first-order valence-electron chi connectivity index (χ1n) is 4.25. The van der Waals surface area contributed by atoms with Crippen LogP contribution in [0.3, 0.4) is 0 Å². The average Bonchev–Trinajstić information content (AvgIpc) is 2.23. The fourth-order valence-electron chi connectivity index (χ4n) is 1.47. The highest BCUT2D eigenvalue weighted by molar-refractivity contribution is 7.94. The molecule has 0 aliphatic heterocycles. The minimum atomic E-state index is -0.0240. The molecule has 0 aliphatic rings. The summed E-state index contributed by atoms with van der Waals surface area (Å²) in [6.07, 6.45) is 0. The van der Waals surface area contributed by atoms with Crippen molar-refractivity contribution in [3.8, 4) is 5.75 Å². The van der Waals surface area contributed by atoms with Crippen LogP contribution >= 0.6 is 12.0 Å². The van der Waals surface area contributed by atoms with Crippen LogP contribution in [-0.2, 0) is 0 Å². The highest BCUT2D eigenvalue weighted by Crippen LogP contribution is 2.38. The third-order valence-corrected chi connectivity index (χ3v) is 2.77. The van der Waals surface area contributed by atoms with Crippen LogP contribution in [0.1, 0.15) is 0 Å². The number of nitrogens with two attached hydrogens (primary N) is 2. The fraction of sp³-hybridized carbons (Fsp3) is 0. The maximum Gasteiger partial charge on any atom is 0.147 e. The van der Waals surface area contributed by atoms with E-state index in [2.05, 4.69) is 0 Å².